The van der Waals surface area contributed by atoms with Gasteiger partial charge in [-0.3, -0.25) is 0 Å². The van der Waals surface area contributed by atoms with Crippen LogP contribution < -0.4 is 5.32 Å². The molecule has 0 aromatic carbocycles. The van der Waals surface area contributed by atoms with Crippen LogP contribution in [0.1, 0.15) is 26.3 Å². The van der Waals surface area contributed by atoms with Gasteiger partial charge in [0.1, 0.15) is 10.6 Å². The highest BCUT2D eigenvalue weighted by Gasteiger charge is 2.14. The molecule has 0 unspecified atom stereocenters. The molecule has 20 heavy (non-hydrogen) atoms. The summed E-state index contributed by atoms with van der Waals surface area (Å²) < 4.78 is 5.12. The monoisotopic (exact) mass is 315 g/mol. The van der Waals surface area contributed by atoms with E-state index in [0.29, 0.717) is 6.54 Å². The first-order chi connectivity index (χ1) is 9.31. The minimum atomic E-state index is -0.496. The summed E-state index contributed by atoms with van der Waals surface area (Å²) in [5, 5.41) is 3.65. The maximum Gasteiger partial charge on any atom is 0.407 e. The Kier molecular flexibility index (Phi) is 6.29. The second-order valence-corrected chi connectivity index (χ2v) is 6.02. The first kappa shape index (κ1) is 16.8. The first-order valence-corrected chi connectivity index (χ1v) is 7.62. The Morgan fingerprint density at radius 3 is 2.85 bits per heavy atom. The lowest BCUT2D eigenvalue weighted by atomic mass is 10.2. The molecule has 7 heteroatoms. The molecule has 110 valence electrons. The number of nitrogens with one attached hydrogen (secondary N) is 1. The summed E-state index contributed by atoms with van der Waals surface area (Å²) in [5.74, 6) is 0. The van der Waals surface area contributed by atoms with E-state index in [9.17, 15) is 4.79 Å². The SMILES string of the molecule is CSc1nc(Cl)ncc1C=CCNC(=O)OC(C)(C)C. The lowest BCUT2D eigenvalue weighted by Gasteiger charge is -2.19. The van der Waals surface area contributed by atoms with Gasteiger partial charge in [0.2, 0.25) is 5.28 Å². The van der Waals surface area contributed by atoms with Crippen molar-refractivity contribution in [2.75, 3.05) is 12.8 Å². The normalized spacial score (nSPS) is 11.7. The Bertz CT molecular complexity index is 501. The summed E-state index contributed by atoms with van der Waals surface area (Å²) in [6, 6.07) is 0. The minimum Gasteiger partial charge on any atom is -0.444 e. The average molecular weight is 316 g/mol. The van der Waals surface area contributed by atoms with Crippen molar-refractivity contribution >= 4 is 35.5 Å². The topological polar surface area (TPSA) is 64.1 Å². The number of carbonyl (C=O) groups excluding carboxylic acids is 1. The number of ether oxygens (including phenoxy) is 1. The van der Waals surface area contributed by atoms with Crippen LogP contribution in [-0.2, 0) is 4.74 Å². The second kappa shape index (κ2) is 7.50. The molecule has 0 aliphatic carbocycles. The Hall–Kier alpha value is -1.27. The summed E-state index contributed by atoms with van der Waals surface area (Å²) in [5.41, 5.74) is 0.358. The van der Waals surface area contributed by atoms with Gasteiger partial charge in [-0.15, -0.1) is 11.8 Å². The predicted molar refractivity (Wildman–Crippen MR) is 82.1 cm³/mol. The van der Waals surface area contributed by atoms with E-state index >= 15 is 0 Å². The van der Waals surface area contributed by atoms with Crippen LogP contribution in [0, 0.1) is 0 Å². The van der Waals surface area contributed by atoms with Crippen molar-refractivity contribution in [1.82, 2.24) is 15.3 Å². The van der Waals surface area contributed by atoms with Gasteiger partial charge in [-0.05, 0) is 38.6 Å². The highest BCUT2D eigenvalue weighted by Crippen LogP contribution is 2.19. The number of alkyl carbamates (subject to hydrolysis) is 1. The van der Waals surface area contributed by atoms with E-state index in [4.69, 9.17) is 16.3 Å². The van der Waals surface area contributed by atoms with E-state index < -0.39 is 11.7 Å². The smallest absolute Gasteiger partial charge is 0.407 e. The molecule has 0 radical (unpaired) electrons. The number of amides is 1. The molecule has 5 nitrogen and oxygen atoms in total. The number of hydrogen-bond acceptors (Lipinski definition) is 5. The zero-order valence-electron chi connectivity index (χ0n) is 11.9. The summed E-state index contributed by atoms with van der Waals surface area (Å²) in [6.07, 6.45) is 6.75. The summed E-state index contributed by atoms with van der Waals surface area (Å²) >= 11 is 7.21. The van der Waals surface area contributed by atoms with Crippen molar-refractivity contribution in [1.29, 1.82) is 0 Å². The zero-order chi connectivity index (χ0) is 15.2. The van der Waals surface area contributed by atoms with Gasteiger partial charge in [0, 0.05) is 18.3 Å². The van der Waals surface area contributed by atoms with Crippen molar-refractivity contribution < 1.29 is 9.53 Å². The Balaban J connectivity index is 2.52. The number of rotatable bonds is 4. The van der Waals surface area contributed by atoms with Crippen molar-refractivity contribution in [2.24, 2.45) is 0 Å². The van der Waals surface area contributed by atoms with Gasteiger partial charge in [0.05, 0.1) is 0 Å². The van der Waals surface area contributed by atoms with Crippen LogP contribution in [0.25, 0.3) is 6.08 Å². The van der Waals surface area contributed by atoms with Gasteiger partial charge in [0.15, 0.2) is 0 Å². The molecule has 0 bridgehead atoms. The quantitative estimate of drug-likeness (QED) is 0.524. The van der Waals surface area contributed by atoms with E-state index in [1.807, 2.05) is 33.1 Å². The highest BCUT2D eigenvalue weighted by atomic mass is 35.5. The molecule has 0 saturated carbocycles. The molecule has 0 saturated heterocycles. The van der Waals surface area contributed by atoms with Gasteiger partial charge in [-0.1, -0.05) is 12.2 Å². The number of nitrogens with zero attached hydrogens (tertiary/aromatic N) is 2. The lowest BCUT2D eigenvalue weighted by molar-refractivity contribution is 0.0534. The Morgan fingerprint density at radius 1 is 1.55 bits per heavy atom. The van der Waals surface area contributed by atoms with Gasteiger partial charge < -0.3 is 10.1 Å². The van der Waals surface area contributed by atoms with E-state index in [2.05, 4.69) is 15.3 Å². The summed E-state index contributed by atoms with van der Waals surface area (Å²) in [6.45, 7) is 5.82. The van der Waals surface area contributed by atoms with Crippen molar-refractivity contribution in [3.8, 4) is 0 Å². The molecule has 0 fully saturated rings. The molecule has 0 spiro atoms. The van der Waals surface area contributed by atoms with E-state index in [1.54, 1.807) is 12.3 Å². The van der Waals surface area contributed by atoms with Crippen molar-refractivity contribution in [3.05, 3.63) is 23.1 Å². The number of thioether (sulfide) groups is 1. The maximum atomic E-state index is 11.4. The molecule has 1 N–H and O–H groups in total. The largest absolute Gasteiger partial charge is 0.444 e. The van der Waals surface area contributed by atoms with Crippen LogP contribution >= 0.6 is 23.4 Å². The van der Waals surface area contributed by atoms with Crippen LogP contribution in [-0.4, -0.2) is 34.5 Å². The third kappa shape index (κ3) is 6.25. The van der Waals surface area contributed by atoms with Gasteiger partial charge >= 0.3 is 6.09 Å². The van der Waals surface area contributed by atoms with Crippen LogP contribution in [0.5, 0.6) is 0 Å². The highest BCUT2D eigenvalue weighted by molar-refractivity contribution is 7.98. The molecule has 0 aliphatic rings. The second-order valence-electron chi connectivity index (χ2n) is 4.89. The average Bonchev–Trinajstić information content (AvgIpc) is 2.33. The number of hydrogen-bond donors (Lipinski definition) is 1. The van der Waals surface area contributed by atoms with Gasteiger partial charge in [-0.2, -0.15) is 0 Å². The van der Waals surface area contributed by atoms with E-state index in [-0.39, 0.29) is 5.28 Å². The molecular formula is C13H18ClN3O2S. The molecular weight excluding hydrogens is 298 g/mol. The Morgan fingerprint density at radius 2 is 2.25 bits per heavy atom. The van der Waals surface area contributed by atoms with Crippen molar-refractivity contribution in [2.45, 2.75) is 31.4 Å². The lowest BCUT2D eigenvalue weighted by Crippen LogP contribution is -2.32. The van der Waals surface area contributed by atoms with E-state index in [1.165, 1.54) is 11.8 Å². The predicted octanol–water partition coefficient (Wildman–Crippen LogP) is 3.39. The minimum absolute atomic E-state index is 0.221. The summed E-state index contributed by atoms with van der Waals surface area (Å²) in [4.78, 5) is 19.5. The molecule has 1 aromatic heterocycles. The molecule has 1 aromatic rings. The zero-order valence-corrected chi connectivity index (χ0v) is 13.5. The number of carbonyl (C=O) groups is 1. The first-order valence-electron chi connectivity index (χ1n) is 6.02. The third-order valence-electron chi connectivity index (χ3n) is 2.00. The van der Waals surface area contributed by atoms with Gasteiger partial charge in [0.25, 0.3) is 0 Å². The fourth-order valence-electron chi connectivity index (χ4n) is 1.28. The molecule has 1 heterocycles. The fourth-order valence-corrected chi connectivity index (χ4v) is 1.99. The number of halogens is 1. The molecule has 1 rings (SSSR count). The van der Waals surface area contributed by atoms with E-state index in [0.717, 1.165) is 10.6 Å². The standard InChI is InChI=1S/C13H18ClN3O2S/c1-13(2,3)19-12(18)15-7-5-6-9-8-16-11(14)17-10(9)20-4/h5-6,8H,7H2,1-4H3,(H,15,18). The molecule has 0 aliphatic heterocycles. The Labute approximate surface area is 128 Å². The van der Waals surface area contributed by atoms with Crippen LogP contribution in [0.3, 0.4) is 0 Å². The van der Waals surface area contributed by atoms with Crippen LogP contribution in [0.2, 0.25) is 5.28 Å². The van der Waals surface area contributed by atoms with Crippen LogP contribution in [0.15, 0.2) is 17.3 Å². The van der Waals surface area contributed by atoms with Gasteiger partial charge in [-0.25, -0.2) is 14.8 Å². The number of aromatic nitrogens is 2. The molecule has 1 amide bonds. The third-order valence-corrected chi connectivity index (χ3v) is 2.90. The van der Waals surface area contributed by atoms with Crippen LogP contribution in [0.4, 0.5) is 4.79 Å². The summed E-state index contributed by atoms with van der Waals surface area (Å²) in [7, 11) is 0. The fraction of sp³-hybridized carbons (Fsp3) is 0.462. The van der Waals surface area contributed by atoms with Crippen molar-refractivity contribution in [3.63, 3.8) is 0 Å². The maximum absolute atomic E-state index is 11.4. The molecule has 0 atom stereocenters.